The van der Waals surface area contributed by atoms with E-state index in [1.807, 2.05) is 6.07 Å². The summed E-state index contributed by atoms with van der Waals surface area (Å²) in [6.07, 6.45) is 1.81. The largest absolute Gasteiger partial charge is 0.496 e. The summed E-state index contributed by atoms with van der Waals surface area (Å²) in [5.41, 5.74) is 0.932. The van der Waals surface area contributed by atoms with Gasteiger partial charge in [0.25, 0.3) is 0 Å². The lowest BCUT2D eigenvalue weighted by molar-refractivity contribution is -0.104. The van der Waals surface area contributed by atoms with E-state index in [-0.39, 0.29) is 0 Å². The summed E-state index contributed by atoms with van der Waals surface area (Å²) in [7, 11) is 1.52. The van der Waals surface area contributed by atoms with Crippen LogP contribution in [0.3, 0.4) is 0 Å². The highest BCUT2D eigenvalue weighted by atomic mass is 16.5. The predicted molar refractivity (Wildman–Crippen MR) is 52.6 cm³/mol. The maximum Gasteiger partial charge on any atom is 0.144 e. The van der Waals surface area contributed by atoms with Crippen molar-refractivity contribution < 1.29 is 9.53 Å². The van der Waals surface area contributed by atoms with E-state index in [0.717, 1.165) is 0 Å². The summed E-state index contributed by atoms with van der Waals surface area (Å²) in [6, 6.07) is 9.01. The lowest BCUT2D eigenvalue weighted by Gasteiger charge is -2.05. The van der Waals surface area contributed by atoms with Crippen LogP contribution in [0.2, 0.25) is 0 Å². The van der Waals surface area contributed by atoms with Crippen molar-refractivity contribution in [1.82, 2.24) is 0 Å². The number of nitriles is 1. The summed E-state index contributed by atoms with van der Waals surface area (Å²) >= 11 is 0. The second kappa shape index (κ2) is 4.83. The van der Waals surface area contributed by atoms with Gasteiger partial charge < -0.3 is 4.74 Å². The maximum absolute atomic E-state index is 10.3. The minimum Gasteiger partial charge on any atom is -0.496 e. The molecular weight excluding hydrogens is 178 g/mol. The van der Waals surface area contributed by atoms with Crippen LogP contribution in [0.15, 0.2) is 30.3 Å². The van der Waals surface area contributed by atoms with Crippen LogP contribution in [0.25, 0.3) is 5.57 Å². The maximum atomic E-state index is 10.3. The monoisotopic (exact) mass is 187 g/mol. The van der Waals surface area contributed by atoms with Crippen molar-refractivity contribution in [2.45, 2.75) is 0 Å². The van der Waals surface area contributed by atoms with Crippen LogP contribution in [-0.2, 0) is 4.79 Å². The van der Waals surface area contributed by atoms with Gasteiger partial charge in [0.05, 0.1) is 12.7 Å². The first-order chi connectivity index (χ1) is 6.83. The third kappa shape index (κ3) is 1.99. The van der Waals surface area contributed by atoms with E-state index in [1.165, 1.54) is 13.2 Å². The van der Waals surface area contributed by atoms with Crippen LogP contribution in [0, 0.1) is 11.3 Å². The lowest BCUT2D eigenvalue weighted by Crippen LogP contribution is -1.90. The Labute approximate surface area is 82.2 Å². The van der Waals surface area contributed by atoms with Gasteiger partial charge in [0.1, 0.15) is 18.1 Å². The SMILES string of the molecule is COc1ccccc1C(C#N)=CC=O. The highest BCUT2D eigenvalue weighted by Crippen LogP contribution is 2.24. The van der Waals surface area contributed by atoms with Gasteiger partial charge in [0.2, 0.25) is 0 Å². The number of nitrogens with zero attached hydrogens (tertiary/aromatic N) is 1. The Bertz CT molecular complexity index is 402. The summed E-state index contributed by atoms with van der Waals surface area (Å²) in [5.74, 6) is 0.585. The van der Waals surface area contributed by atoms with Crippen molar-refractivity contribution in [3.8, 4) is 11.8 Å². The standard InChI is InChI=1S/C11H9NO2/c1-14-11-5-3-2-4-10(11)9(8-12)6-7-13/h2-7H,1H3. The van der Waals surface area contributed by atoms with Crippen LogP contribution < -0.4 is 4.74 Å². The third-order valence-corrected chi connectivity index (χ3v) is 1.75. The molecule has 14 heavy (non-hydrogen) atoms. The lowest BCUT2D eigenvalue weighted by atomic mass is 10.1. The summed E-state index contributed by atoms with van der Waals surface area (Å²) in [4.78, 5) is 10.3. The van der Waals surface area contributed by atoms with Crippen molar-refractivity contribution in [2.24, 2.45) is 0 Å². The number of ether oxygens (including phenoxy) is 1. The molecule has 0 fully saturated rings. The second-order valence-electron chi connectivity index (χ2n) is 2.53. The molecule has 0 unspecified atom stereocenters. The summed E-state index contributed by atoms with van der Waals surface area (Å²) in [6.45, 7) is 0. The molecule has 0 radical (unpaired) electrons. The molecule has 0 aliphatic heterocycles. The number of hydrogen-bond donors (Lipinski definition) is 0. The molecular formula is C11H9NO2. The fourth-order valence-corrected chi connectivity index (χ4v) is 1.12. The second-order valence-corrected chi connectivity index (χ2v) is 2.53. The van der Waals surface area contributed by atoms with Crippen molar-refractivity contribution in [3.05, 3.63) is 35.9 Å². The Balaban J connectivity index is 3.24. The van der Waals surface area contributed by atoms with Gasteiger partial charge >= 0.3 is 0 Å². The first-order valence-electron chi connectivity index (χ1n) is 4.02. The van der Waals surface area contributed by atoms with E-state index in [2.05, 4.69) is 0 Å². The molecule has 1 aromatic carbocycles. The first-order valence-corrected chi connectivity index (χ1v) is 4.02. The van der Waals surface area contributed by atoms with E-state index in [0.29, 0.717) is 23.2 Å². The van der Waals surface area contributed by atoms with Crippen LogP contribution in [-0.4, -0.2) is 13.4 Å². The average Bonchev–Trinajstić information content (AvgIpc) is 2.26. The van der Waals surface area contributed by atoms with Gasteiger partial charge in [-0.25, -0.2) is 0 Å². The molecule has 0 aliphatic rings. The van der Waals surface area contributed by atoms with Gasteiger partial charge in [-0.2, -0.15) is 5.26 Å². The fourth-order valence-electron chi connectivity index (χ4n) is 1.12. The summed E-state index contributed by atoms with van der Waals surface area (Å²) < 4.78 is 5.07. The topological polar surface area (TPSA) is 50.1 Å². The zero-order chi connectivity index (χ0) is 10.4. The minimum atomic E-state index is 0.303. The minimum absolute atomic E-state index is 0.303. The van der Waals surface area contributed by atoms with Crippen LogP contribution in [0.1, 0.15) is 5.56 Å². The predicted octanol–water partition coefficient (Wildman–Crippen LogP) is 1.80. The molecule has 1 aromatic rings. The molecule has 0 bridgehead atoms. The van der Waals surface area contributed by atoms with Crippen LogP contribution in [0.4, 0.5) is 0 Å². The molecule has 0 aromatic heterocycles. The van der Waals surface area contributed by atoms with Crippen molar-refractivity contribution >= 4 is 11.9 Å². The van der Waals surface area contributed by atoms with Gasteiger partial charge in [-0.3, -0.25) is 4.79 Å². The van der Waals surface area contributed by atoms with Gasteiger partial charge in [-0.15, -0.1) is 0 Å². The molecule has 0 saturated carbocycles. The Morgan fingerprint density at radius 1 is 1.50 bits per heavy atom. The van der Waals surface area contributed by atoms with Gasteiger partial charge in [-0.05, 0) is 18.2 Å². The summed E-state index contributed by atoms with van der Waals surface area (Å²) in [5, 5.41) is 8.80. The van der Waals surface area contributed by atoms with E-state index < -0.39 is 0 Å². The van der Waals surface area contributed by atoms with E-state index in [4.69, 9.17) is 10.00 Å². The molecule has 0 amide bonds. The van der Waals surface area contributed by atoms with Gasteiger partial charge in [-0.1, -0.05) is 12.1 Å². The van der Waals surface area contributed by atoms with E-state index in [1.54, 1.807) is 24.3 Å². The highest BCUT2D eigenvalue weighted by Gasteiger charge is 2.05. The van der Waals surface area contributed by atoms with Crippen molar-refractivity contribution in [1.29, 1.82) is 5.26 Å². The Morgan fingerprint density at radius 3 is 2.79 bits per heavy atom. The third-order valence-electron chi connectivity index (χ3n) is 1.75. The average molecular weight is 187 g/mol. The molecule has 3 nitrogen and oxygen atoms in total. The quantitative estimate of drug-likeness (QED) is 0.412. The Kier molecular flexibility index (Phi) is 3.45. The molecule has 0 saturated heterocycles. The number of rotatable bonds is 3. The Hall–Kier alpha value is -2.08. The van der Waals surface area contributed by atoms with Crippen LogP contribution >= 0.6 is 0 Å². The van der Waals surface area contributed by atoms with Crippen molar-refractivity contribution in [2.75, 3.05) is 7.11 Å². The van der Waals surface area contributed by atoms with E-state index >= 15 is 0 Å². The number of methoxy groups -OCH3 is 1. The molecule has 0 spiro atoms. The van der Waals surface area contributed by atoms with Gasteiger partial charge in [0.15, 0.2) is 0 Å². The van der Waals surface area contributed by atoms with E-state index in [9.17, 15) is 4.79 Å². The number of allylic oxidation sites excluding steroid dienone is 2. The number of hydrogen-bond acceptors (Lipinski definition) is 3. The zero-order valence-electron chi connectivity index (χ0n) is 7.73. The molecule has 1 rings (SSSR count). The highest BCUT2D eigenvalue weighted by molar-refractivity contribution is 5.89. The number of carbonyl (C=O) groups is 1. The first kappa shape index (κ1) is 10.0. The zero-order valence-corrected chi connectivity index (χ0v) is 7.73. The Morgan fingerprint density at radius 2 is 2.21 bits per heavy atom. The molecule has 3 heteroatoms. The van der Waals surface area contributed by atoms with Gasteiger partial charge in [0, 0.05) is 5.56 Å². The number of aldehydes is 1. The van der Waals surface area contributed by atoms with Crippen molar-refractivity contribution in [3.63, 3.8) is 0 Å². The molecule has 0 N–H and O–H groups in total. The number of benzene rings is 1. The molecule has 0 atom stereocenters. The smallest absolute Gasteiger partial charge is 0.144 e. The molecule has 0 aliphatic carbocycles. The number of carbonyl (C=O) groups excluding carboxylic acids is 1. The molecule has 0 heterocycles. The fraction of sp³-hybridized carbons (Fsp3) is 0.0909. The molecule has 70 valence electrons. The van der Waals surface area contributed by atoms with Crippen LogP contribution in [0.5, 0.6) is 5.75 Å². The number of para-hydroxylation sites is 1. The normalized spacial score (nSPS) is 10.4.